The van der Waals surface area contributed by atoms with E-state index in [-0.39, 0.29) is 5.91 Å². The highest BCUT2D eigenvalue weighted by Crippen LogP contribution is 2.19. The molecule has 5 heteroatoms. The number of carbonyl (C=O) groups excluding carboxylic acids is 1. The Morgan fingerprint density at radius 3 is 2.86 bits per heavy atom. The minimum atomic E-state index is -0.185. The van der Waals surface area contributed by atoms with Crippen LogP contribution < -0.4 is 10.6 Å². The number of benzene rings is 1. The van der Waals surface area contributed by atoms with Gasteiger partial charge in [0, 0.05) is 16.6 Å². The molecule has 0 atom stereocenters. The highest BCUT2D eigenvalue weighted by molar-refractivity contribution is 9.10. The van der Waals surface area contributed by atoms with Crippen molar-refractivity contribution in [3.63, 3.8) is 0 Å². The monoisotopic (exact) mass is 380 g/mol. The van der Waals surface area contributed by atoms with Crippen LogP contribution >= 0.6 is 28.1 Å². The largest absolute Gasteiger partial charge is 0.362 e. The number of halogens is 1. The summed E-state index contributed by atoms with van der Waals surface area (Å²) in [5.41, 5.74) is 3.19. The van der Waals surface area contributed by atoms with Gasteiger partial charge in [-0.1, -0.05) is 33.6 Å². The van der Waals surface area contributed by atoms with Gasteiger partial charge in [-0.25, -0.2) is 0 Å². The molecule has 3 nitrogen and oxygen atoms in total. The van der Waals surface area contributed by atoms with Crippen LogP contribution in [0, 0.1) is 6.92 Å². The summed E-state index contributed by atoms with van der Waals surface area (Å²) in [4.78, 5) is 12.1. The zero-order valence-corrected chi connectivity index (χ0v) is 15.1. The minimum Gasteiger partial charge on any atom is -0.362 e. The molecule has 1 aliphatic carbocycles. The Morgan fingerprint density at radius 1 is 1.36 bits per heavy atom. The van der Waals surface area contributed by atoms with Crippen LogP contribution in [0.2, 0.25) is 0 Å². The number of amides is 1. The van der Waals surface area contributed by atoms with Crippen LogP contribution in [0.5, 0.6) is 0 Å². The van der Waals surface area contributed by atoms with Gasteiger partial charge in [0.15, 0.2) is 5.11 Å². The van der Waals surface area contributed by atoms with Crippen molar-refractivity contribution in [2.45, 2.75) is 39.0 Å². The number of rotatable bonds is 4. The van der Waals surface area contributed by atoms with E-state index in [2.05, 4.69) is 32.6 Å². The lowest BCUT2D eigenvalue weighted by Gasteiger charge is -2.14. The Balaban J connectivity index is 1.77. The predicted octanol–water partition coefficient (Wildman–Crippen LogP) is 4.25. The predicted molar refractivity (Wildman–Crippen MR) is 98.1 cm³/mol. The Kier molecular flexibility index (Phi) is 6.58. The maximum atomic E-state index is 12.1. The van der Waals surface area contributed by atoms with Crippen LogP contribution in [0.3, 0.4) is 0 Å². The highest BCUT2D eigenvalue weighted by Gasteiger charge is 2.09. The van der Waals surface area contributed by atoms with Gasteiger partial charge in [0.1, 0.15) is 0 Å². The molecule has 0 heterocycles. The lowest BCUT2D eigenvalue weighted by atomic mass is 9.97. The quantitative estimate of drug-likeness (QED) is 0.605. The van der Waals surface area contributed by atoms with Gasteiger partial charge in [-0.05, 0) is 68.9 Å². The summed E-state index contributed by atoms with van der Waals surface area (Å²) in [6, 6.07) is 5.51. The number of hydrogen-bond donors (Lipinski definition) is 2. The van der Waals surface area contributed by atoms with Crippen molar-refractivity contribution >= 4 is 39.2 Å². The lowest BCUT2D eigenvalue weighted by molar-refractivity contribution is 0.0976. The van der Waals surface area contributed by atoms with E-state index in [0.29, 0.717) is 10.7 Å². The van der Waals surface area contributed by atoms with Gasteiger partial charge in [0.05, 0.1) is 0 Å². The Bertz CT molecular complexity index is 598. The molecule has 1 aromatic carbocycles. The number of carbonyl (C=O) groups is 1. The van der Waals surface area contributed by atoms with Crippen molar-refractivity contribution < 1.29 is 4.79 Å². The van der Waals surface area contributed by atoms with E-state index in [1.165, 1.54) is 31.3 Å². The molecule has 0 bridgehead atoms. The van der Waals surface area contributed by atoms with Crippen molar-refractivity contribution in [2.75, 3.05) is 6.54 Å². The fourth-order valence-electron chi connectivity index (χ4n) is 2.42. The van der Waals surface area contributed by atoms with E-state index in [1.54, 1.807) is 12.1 Å². The smallest absolute Gasteiger partial charge is 0.257 e. The van der Waals surface area contributed by atoms with Crippen molar-refractivity contribution in [3.8, 4) is 0 Å². The van der Waals surface area contributed by atoms with Crippen LogP contribution in [0.15, 0.2) is 34.3 Å². The molecule has 2 rings (SSSR count). The third-order valence-electron chi connectivity index (χ3n) is 3.78. The third kappa shape index (κ3) is 5.21. The highest BCUT2D eigenvalue weighted by atomic mass is 79.9. The van der Waals surface area contributed by atoms with Gasteiger partial charge in [-0.3, -0.25) is 10.1 Å². The molecule has 22 heavy (non-hydrogen) atoms. The number of nitrogens with one attached hydrogen (secondary N) is 2. The molecule has 0 aliphatic heterocycles. The molecule has 0 unspecified atom stereocenters. The van der Waals surface area contributed by atoms with Gasteiger partial charge in [0.25, 0.3) is 5.91 Å². The minimum absolute atomic E-state index is 0.185. The van der Waals surface area contributed by atoms with E-state index in [0.717, 1.165) is 23.0 Å². The maximum Gasteiger partial charge on any atom is 0.257 e. The first-order valence-corrected chi connectivity index (χ1v) is 8.79. The van der Waals surface area contributed by atoms with Crippen molar-refractivity contribution in [1.29, 1.82) is 0 Å². The van der Waals surface area contributed by atoms with E-state index < -0.39 is 0 Å². The molecule has 1 aliphatic rings. The summed E-state index contributed by atoms with van der Waals surface area (Å²) in [5, 5.41) is 6.21. The Morgan fingerprint density at radius 2 is 2.18 bits per heavy atom. The van der Waals surface area contributed by atoms with E-state index >= 15 is 0 Å². The third-order valence-corrected chi connectivity index (χ3v) is 4.88. The molecular weight excluding hydrogens is 360 g/mol. The van der Waals surface area contributed by atoms with Gasteiger partial charge >= 0.3 is 0 Å². The molecule has 0 fully saturated rings. The number of aryl methyl sites for hydroxylation is 1. The fraction of sp³-hybridized carbons (Fsp3) is 0.412. The van der Waals surface area contributed by atoms with Crippen LogP contribution in [0.4, 0.5) is 0 Å². The van der Waals surface area contributed by atoms with Gasteiger partial charge < -0.3 is 5.32 Å². The van der Waals surface area contributed by atoms with E-state index in [9.17, 15) is 4.79 Å². The standard InChI is InChI=1S/C17H21BrN2OS/c1-12-7-8-14(11-15(12)18)16(21)20-17(22)19-10-9-13-5-3-2-4-6-13/h5,7-8,11H,2-4,6,9-10H2,1H3,(H2,19,20,21,22). The molecule has 1 amide bonds. The molecule has 0 spiro atoms. The molecule has 0 aromatic heterocycles. The lowest BCUT2D eigenvalue weighted by Crippen LogP contribution is -2.39. The van der Waals surface area contributed by atoms with Gasteiger partial charge in [0.2, 0.25) is 0 Å². The topological polar surface area (TPSA) is 41.1 Å². The summed E-state index contributed by atoms with van der Waals surface area (Å²) in [7, 11) is 0. The molecule has 0 saturated heterocycles. The number of allylic oxidation sites excluding steroid dienone is 1. The van der Waals surface area contributed by atoms with E-state index in [1.807, 2.05) is 13.0 Å². The van der Waals surface area contributed by atoms with Crippen LogP contribution in [0.1, 0.15) is 48.0 Å². The first kappa shape index (κ1) is 17.2. The van der Waals surface area contributed by atoms with Gasteiger partial charge in [-0.15, -0.1) is 0 Å². The maximum absolute atomic E-state index is 12.1. The van der Waals surface area contributed by atoms with Crippen molar-refractivity contribution in [3.05, 3.63) is 45.4 Å². The zero-order valence-electron chi connectivity index (χ0n) is 12.7. The second-order valence-corrected chi connectivity index (χ2v) is 6.79. The summed E-state index contributed by atoms with van der Waals surface area (Å²) < 4.78 is 0.920. The Hall–Kier alpha value is -1.20. The summed E-state index contributed by atoms with van der Waals surface area (Å²) >= 11 is 8.61. The average molecular weight is 381 g/mol. The molecular formula is C17H21BrN2OS. The first-order valence-electron chi connectivity index (χ1n) is 7.59. The summed E-state index contributed by atoms with van der Waals surface area (Å²) in [6.07, 6.45) is 8.30. The fourth-order valence-corrected chi connectivity index (χ4v) is 3.00. The summed E-state index contributed by atoms with van der Waals surface area (Å²) in [6.45, 7) is 2.75. The molecule has 0 radical (unpaired) electrons. The normalized spacial score (nSPS) is 14.2. The molecule has 0 saturated carbocycles. The molecule has 2 N–H and O–H groups in total. The number of hydrogen-bond acceptors (Lipinski definition) is 2. The van der Waals surface area contributed by atoms with Crippen molar-refractivity contribution in [2.24, 2.45) is 0 Å². The number of thiocarbonyl (C=S) groups is 1. The second kappa shape index (κ2) is 8.44. The van der Waals surface area contributed by atoms with Gasteiger partial charge in [-0.2, -0.15) is 0 Å². The van der Waals surface area contributed by atoms with Crippen LogP contribution in [-0.2, 0) is 0 Å². The summed E-state index contributed by atoms with van der Waals surface area (Å²) in [5.74, 6) is -0.185. The van der Waals surface area contributed by atoms with Crippen LogP contribution in [-0.4, -0.2) is 17.6 Å². The first-order chi connectivity index (χ1) is 10.6. The Labute approximate surface area is 145 Å². The average Bonchev–Trinajstić information content (AvgIpc) is 2.51. The van der Waals surface area contributed by atoms with Crippen LogP contribution in [0.25, 0.3) is 0 Å². The van der Waals surface area contributed by atoms with E-state index in [4.69, 9.17) is 12.2 Å². The second-order valence-electron chi connectivity index (χ2n) is 5.53. The molecule has 118 valence electrons. The molecule has 1 aromatic rings. The SMILES string of the molecule is Cc1ccc(C(=O)NC(=S)NCCC2=CCCCC2)cc1Br. The van der Waals surface area contributed by atoms with Crippen molar-refractivity contribution in [1.82, 2.24) is 10.6 Å². The zero-order chi connectivity index (χ0) is 15.9.